The second-order valence-corrected chi connectivity index (χ2v) is 4.25. The first-order valence-corrected chi connectivity index (χ1v) is 4.61. The molecular weight excluding hydrogens is 190 g/mol. The van der Waals surface area contributed by atoms with Crippen molar-refractivity contribution in [2.45, 2.75) is 26.3 Å². The molecule has 4 heteroatoms. The standard InChI is InChI=1S/C11H13N3O/c1-11(2,3)14-10(15)8-4-5-9(6-12)13-7-8/h4-5,7H,1-3H3,(H,14,15). The smallest absolute Gasteiger partial charge is 0.253 e. The molecule has 15 heavy (non-hydrogen) atoms. The van der Waals surface area contributed by atoms with E-state index in [1.165, 1.54) is 12.3 Å². The average molecular weight is 203 g/mol. The zero-order chi connectivity index (χ0) is 11.5. The molecule has 4 nitrogen and oxygen atoms in total. The van der Waals surface area contributed by atoms with Gasteiger partial charge < -0.3 is 5.32 Å². The Balaban J connectivity index is 2.80. The number of carbonyl (C=O) groups excluding carboxylic acids is 1. The number of hydrogen-bond donors (Lipinski definition) is 1. The molecule has 0 aliphatic rings. The number of aromatic nitrogens is 1. The lowest BCUT2D eigenvalue weighted by molar-refractivity contribution is 0.0919. The van der Waals surface area contributed by atoms with Gasteiger partial charge in [0.25, 0.3) is 5.91 Å². The number of nitrogens with zero attached hydrogens (tertiary/aromatic N) is 2. The van der Waals surface area contributed by atoms with Gasteiger partial charge in [0.05, 0.1) is 5.56 Å². The predicted octanol–water partition coefficient (Wildman–Crippen LogP) is 1.48. The zero-order valence-electron chi connectivity index (χ0n) is 9.03. The Kier molecular flexibility index (Phi) is 3.05. The number of rotatable bonds is 1. The SMILES string of the molecule is CC(C)(C)NC(=O)c1ccc(C#N)nc1. The summed E-state index contributed by atoms with van der Waals surface area (Å²) >= 11 is 0. The van der Waals surface area contributed by atoms with Crippen LogP contribution in [0.4, 0.5) is 0 Å². The van der Waals surface area contributed by atoms with E-state index in [1.807, 2.05) is 26.8 Å². The summed E-state index contributed by atoms with van der Waals surface area (Å²) in [4.78, 5) is 15.5. The normalized spacial score (nSPS) is 10.5. The minimum Gasteiger partial charge on any atom is -0.347 e. The molecule has 1 aromatic heterocycles. The van der Waals surface area contributed by atoms with E-state index in [4.69, 9.17) is 5.26 Å². The maximum absolute atomic E-state index is 11.6. The molecule has 0 atom stereocenters. The van der Waals surface area contributed by atoms with E-state index >= 15 is 0 Å². The lowest BCUT2D eigenvalue weighted by Gasteiger charge is -2.20. The molecule has 0 unspecified atom stereocenters. The van der Waals surface area contributed by atoms with Crippen molar-refractivity contribution >= 4 is 5.91 Å². The van der Waals surface area contributed by atoms with Gasteiger partial charge in [0.1, 0.15) is 11.8 Å². The Morgan fingerprint density at radius 2 is 2.13 bits per heavy atom. The van der Waals surface area contributed by atoms with Crippen LogP contribution < -0.4 is 5.32 Å². The fourth-order valence-electron chi connectivity index (χ4n) is 1.01. The van der Waals surface area contributed by atoms with Gasteiger partial charge in [-0.25, -0.2) is 4.98 Å². The summed E-state index contributed by atoms with van der Waals surface area (Å²) in [7, 11) is 0. The fraction of sp³-hybridized carbons (Fsp3) is 0.364. The van der Waals surface area contributed by atoms with E-state index in [9.17, 15) is 4.79 Å². The summed E-state index contributed by atoms with van der Waals surface area (Å²) in [6.07, 6.45) is 1.40. The molecule has 0 aliphatic carbocycles. The van der Waals surface area contributed by atoms with Crippen molar-refractivity contribution in [2.75, 3.05) is 0 Å². The van der Waals surface area contributed by atoms with E-state index < -0.39 is 0 Å². The topological polar surface area (TPSA) is 65.8 Å². The molecule has 0 fully saturated rings. The summed E-state index contributed by atoms with van der Waals surface area (Å²) in [5.41, 5.74) is 0.497. The van der Waals surface area contributed by atoms with Gasteiger partial charge in [-0.1, -0.05) is 0 Å². The summed E-state index contributed by atoms with van der Waals surface area (Å²) in [6, 6.07) is 5.01. The Morgan fingerprint density at radius 1 is 1.47 bits per heavy atom. The van der Waals surface area contributed by atoms with Crippen LogP contribution in [0.2, 0.25) is 0 Å². The molecule has 0 radical (unpaired) electrons. The van der Waals surface area contributed by atoms with Gasteiger partial charge in [0.15, 0.2) is 0 Å². The van der Waals surface area contributed by atoms with Crippen LogP contribution >= 0.6 is 0 Å². The molecular formula is C11H13N3O. The highest BCUT2D eigenvalue weighted by Crippen LogP contribution is 2.04. The molecule has 1 amide bonds. The fourth-order valence-corrected chi connectivity index (χ4v) is 1.01. The highest BCUT2D eigenvalue weighted by Gasteiger charge is 2.15. The van der Waals surface area contributed by atoms with E-state index in [0.717, 1.165) is 0 Å². The van der Waals surface area contributed by atoms with Gasteiger partial charge in [0.2, 0.25) is 0 Å². The molecule has 0 saturated heterocycles. The van der Waals surface area contributed by atoms with Crippen molar-refractivity contribution in [3.63, 3.8) is 0 Å². The largest absolute Gasteiger partial charge is 0.347 e. The van der Waals surface area contributed by atoms with Crippen molar-refractivity contribution in [2.24, 2.45) is 0 Å². The summed E-state index contributed by atoms with van der Waals surface area (Å²) in [5, 5.41) is 11.4. The number of carbonyl (C=O) groups is 1. The van der Waals surface area contributed by atoms with Crippen LogP contribution in [0.3, 0.4) is 0 Å². The van der Waals surface area contributed by atoms with Crippen molar-refractivity contribution in [3.8, 4) is 6.07 Å². The molecule has 0 aromatic carbocycles. The van der Waals surface area contributed by atoms with Gasteiger partial charge in [-0.2, -0.15) is 5.26 Å². The first-order chi connectivity index (χ1) is 6.92. The third-order valence-electron chi connectivity index (χ3n) is 1.63. The van der Waals surface area contributed by atoms with E-state index in [1.54, 1.807) is 6.07 Å². The highest BCUT2D eigenvalue weighted by molar-refractivity contribution is 5.94. The van der Waals surface area contributed by atoms with Gasteiger partial charge in [-0.05, 0) is 32.9 Å². The Bertz CT molecular complexity index is 395. The van der Waals surface area contributed by atoms with Crippen molar-refractivity contribution < 1.29 is 4.79 Å². The first kappa shape index (κ1) is 11.2. The quantitative estimate of drug-likeness (QED) is 0.751. The molecule has 0 spiro atoms. The van der Waals surface area contributed by atoms with Crippen LogP contribution in [0.1, 0.15) is 36.8 Å². The third kappa shape index (κ3) is 3.39. The number of pyridine rings is 1. The highest BCUT2D eigenvalue weighted by atomic mass is 16.1. The van der Waals surface area contributed by atoms with E-state index in [2.05, 4.69) is 10.3 Å². The van der Waals surface area contributed by atoms with Gasteiger partial charge in [-0.15, -0.1) is 0 Å². The van der Waals surface area contributed by atoms with Crippen LogP contribution in [0.5, 0.6) is 0 Å². The summed E-state index contributed by atoms with van der Waals surface area (Å²) in [5.74, 6) is -0.181. The van der Waals surface area contributed by atoms with Crippen LogP contribution in [0.15, 0.2) is 18.3 Å². The van der Waals surface area contributed by atoms with Gasteiger partial charge in [-0.3, -0.25) is 4.79 Å². The molecule has 0 saturated carbocycles. The number of amides is 1. The zero-order valence-corrected chi connectivity index (χ0v) is 9.03. The predicted molar refractivity (Wildman–Crippen MR) is 56.2 cm³/mol. The van der Waals surface area contributed by atoms with E-state index in [-0.39, 0.29) is 11.4 Å². The molecule has 0 bridgehead atoms. The van der Waals surface area contributed by atoms with Crippen LogP contribution in [-0.2, 0) is 0 Å². The van der Waals surface area contributed by atoms with E-state index in [0.29, 0.717) is 11.3 Å². The Morgan fingerprint density at radius 3 is 2.53 bits per heavy atom. The maximum Gasteiger partial charge on any atom is 0.253 e. The number of nitriles is 1. The van der Waals surface area contributed by atoms with Crippen molar-refractivity contribution in [1.29, 1.82) is 5.26 Å². The molecule has 1 heterocycles. The Labute approximate surface area is 88.9 Å². The summed E-state index contributed by atoms with van der Waals surface area (Å²) < 4.78 is 0. The number of hydrogen-bond acceptors (Lipinski definition) is 3. The second kappa shape index (κ2) is 4.09. The van der Waals surface area contributed by atoms with Crippen molar-refractivity contribution in [1.82, 2.24) is 10.3 Å². The first-order valence-electron chi connectivity index (χ1n) is 4.61. The molecule has 1 aromatic rings. The third-order valence-corrected chi connectivity index (χ3v) is 1.63. The number of nitrogens with one attached hydrogen (secondary N) is 1. The van der Waals surface area contributed by atoms with Gasteiger partial charge in [0, 0.05) is 11.7 Å². The molecule has 0 aliphatic heterocycles. The maximum atomic E-state index is 11.6. The minimum absolute atomic E-state index is 0.181. The molecule has 1 rings (SSSR count). The molecule has 1 N–H and O–H groups in total. The summed E-state index contributed by atoms with van der Waals surface area (Å²) in [6.45, 7) is 5.71. The lowest BCUT2D eigenvalue weighted by atomic mass is 10.1. The average Bonchev–Trinajstić information content (AvgIpc) is 2.15. The van der Waals surface area contributed by atoms with Crippen LogP contribution in [0.25, 0.3) is 0 Å². The second-order valence-electron chi connectivity index (χ2n) is 4.25. The van der Waals surface area contributed by atoms with Crippen molar-refractivity contribution in [3.05, 3.63) is 29.6 Å². The van der Waals surface area contributed by atoms with Crippen LogP contribution in [0, 0.1) is 11.3 Å². The van der Waals surface area contributed by atoms with Crippen LogP contribution in [-0.4, -0.2) is 16.4 Å². The minimum atomic E-state index is -0.273. The Hall–Kier alpha value is -1.89. The lowest BCUT2D eigenvalue weighted by Crippen LogP contribution is -2.40. The molecule has 78 valence electrons. The monoisotopic (exact) mass is 203 g/mol. The van der Waals surface area contributed by atoms with Gasteiger partial charge >= 0.3 is 0 Å².